The minimum atomic E-state index is 0.338. The largest absolute Gasteiger partial charge is 0.298 e. The van der Waals surface area contributed by atoms with Crippen molar-refractivity contribution in [2.75, 3.05) is 13.1 Å². The van der Waals surface area contributed by atoms with Gasteiger partial charge in [-0.15, -0.1) is 0 Å². The van der Waals surface area contributed by atoms with E-state index in [0.29, 0.717) is 5.54 Å². The van der Waals surface area contributed by atoms with Crippen LogP contribution in [0.3, 0.4) is 0 Å². The fourth-order valence-electron chi connectivity index (χ4n) is 1.77. The Hall–Kier alpha value is -0.300. The highest BCUT2D eigenvalue weighted by molar-refractivity contribution is 5.02. The van der Waals surface area contributed by atoms with Crippen LogP contribution in [0.4, 0.5) is 0 Å². The van der Waals surface area contributed by atoms with Crippen LogP contribution in [0.1, 0.15) is 34.1 Å². The van der Waals surface area contributed by atoms with Crippen LogP contribution in [0.15, 0.2) is 12.2 Å². The van der Waals surface area contributed by atoms with E-state index in [1.54, 1.807) is 0 Å². The van der Waals surface area contributed by atoms with Gasteiger partial charge in [0.1, 0.15) is 0 Å². The highest BCUT2D eigenvalue weighted by Crippen LogP contribution is 2.27. The third kappa shape index (κ3) is 2.10. The predicted molar refractivity (Wildman–Crippen MR) is 54.2 cm³/mol. The third-order valence-electron chi connectivity index (χ3n) is 2.83. The monoisotopic (exact) mass is 167 g/mol. The van der Waals surface area contributed by atoms with Crippen molar-refractivity contribution in [2.45, 2.75) is 39.7 Å². The summed E-state index contributed by atoms with van der Waals surface area (Å²) in [7, 11) is 0. The molecule has 0 aromatic carbocycles. The van der Waals surface area contributed by atoms with Gasteiger partial charge in [0.2, 0.25) is 0 Å². The van der Waals surface area contributed by atoms with Crippen molar-refractivity contribution in [3.05, 3.63) is 12.2 Å². The molecular formula is C11H21N. The first kappa shape index (κ1) is 9.79. The zero-order chi connectivity index (χ0) is 9.35. The number of nitrogens with zero attached hydrogens (tertiary/aromatic N) is 1. The van der Waals surface area contributed by atoms with Gasteiger partial charge in [-0.1, -0.05) is 12.2 Å². The van der Waals surface area contributed by atoms with Crippen LogP contribution in [0.2, 0.25) is 0 Å². The lowest BCUT2D eigenvalue weighted by Crippen LogP contribution is -2.39. The molecule has 1 rings (SSSR count). The summed E-state index contributed by atoms with van der Waals surface area (Å²) in [6.45, 7) is 15.5. The summed E-state index contributed by atoms with van der Waals surface area (Å²) in [6.07, 6.45) is 1.30. The van der Waals surface area contributed by atoms with Crippen molar-refractivity contribution in [1.82, 2.24) is 4.90 Å². The standard InChI is InChI=1S/C11H21N/c1-9(2)10-6-7-12(8-10)11(3,4)5/h10H,1,6-8H2,2-5H3. The Bertz CT molecular complexity index is 176. The molecule has 1 aliphatic rings. The topological polar surface area (TPSA) is 3.24 Å². The summed E-state index contributed by atoms with van der Waals surface area (Å²) in [5.74, 6) is 0.740. The molecule has 1 saturated heterocycles. The molecule has 0 bridgehead atoms. The van der Waals surface area contributed by atoms with Gasteiger partial charge in [0.05, 0.1) is 0 Å². The van der Waals surface area contributed by atoms with E-state index in [1.807, 2.05) is 0 Å². The predicted octanol–water partition coefficient (Wildman–Crippen LogP) is 2.68. The van der Waals surface area contributed by atoms with Crippen LogP contribution >= 0.6 is 0 Å². The van der Waals surface area contributed by atoms with Crippen molar-refractivity contribution < 1.29 is 0 Å². The van der Waals surface area contributed by atoms with Crippen LogP contribution in [0, 0.1) is 5.92 Å². The summed E-state index contributed by atoms with van der Waals surface area (Å²) in [5, 5.41) is 0. The molecule has 1 unspecified atom stereocenters. The Morgan fingerprint density at radius 1 is 1.42 bits per heavy atom. The highest BCUT2D eigenvalue weighted by Gasteiger charge is 2.29. The molecule has 1 atom stereocenters. The first-order valence-electron chi connectivity index (χ1n) is 4.81. The molecule has 0 aromatic heterocycles. The molecule has 70 valence electrons. The normalized spacial score (nSPS) is 26.2. The average Bonchev–Trinajstić information content (AvgIpc) is 2.30. The van der Waals surface area contributed by atoms with Crippen molar-refractivity contribution >= 4 is 0 Å². The van der Waals surface area contributed by atoms with Crippen LogP contribution in [-0.4, -0.2) is 23.5 Å². The Balaban J connectivity index is 2.51. The van der Waals surface area contributed by atoms with Crippen LogP contribution in [0.5, 0.6) is 0 Å². The Labute approximate surface area is 76.5 Å². The number of likely N-dealkylation sites (tertiary alicyclic amines) is 1. The van der Waals surface area contributed by atoms with E-state index in [0.717, 1.165) is 5.92 Å². The maximum absolute atomic E-state index is 4.03. The van der Waals surface area contributed by atoms with E-state index in [1.165, 1.54) is 25.1 Å². The fourth-order valence-corrected chi connectivity index (χ4v) is 1.77. The molecule has 0 spiro atoms. The lowest BCUT2D eigenvalue weighted by atomic mass is 10.0. The smallest absolute Gasteiger partial charge is 0.0125 e. The first-order valence-corrected chi connectivity index (χ1v) is 4.81. The van der Waals surface area contributed by atoms with Crippen molar-refractivity contribution in [2.24, 2.45) is 5.92 Å². The molecule has 0 aromatic rings. The number of rotatable bonds is 1. The molecule has 1 heterocycles. The summed E-state index contributed by atoms with van der Waals surface area (Å²) in [4.78, 5) is 2.55. The van der Waals surface area contributed by atoms with E-state index < -0.39 is 0 Å². The van der Waals surface area contributed by atoms with Crippen LogP contribution in [0.25, 0.3) is 0 Å². The summed E-state index contributed by atoms with van der Waals surface area (Å²) >= 11 is 0. The zero-order valence-electron chi connectivity index (χ0n) is 8.85. The van der Waals surface area contributed by atoms with Crippen molar-refractivity contribution in [3.63, 3.8) is 0 Å². The van der Waals surface area contributed by atoms with Crippen LogP contribution in [-0.2, 0) is 0 Å². The lowest BCUT2D eigenvalue weighted by molar-refractivity contribution is 0.170. The molecule has 0 saturated carbocycles. The molecule has 0 amide bonds. The third-order valence-corrected chi connectivity index (χ3v) is 2.83. The van der Waals surface area contributed by atoms with Gasteiger partial charge in [-0.3, -0.25) is 4.90 Å². The zero-order valence-corrected chi connectivity index (χ0v) is 8.85. The Morgan fingerprint density at radius 3 is 2.25 bits per heavy atom. The molecule has 1 heteroatoms. The molecule has 1 fully saturated rings. The van der Waals surface area contributed by atoms with E-state index >= 15 is 0 Å². The molecule has 0 aliphatic carbocycles. The Morgan fingerprint density at radius 2 is 2.00 bits per heavy atom. The van der Waals surface area contributed by atoms with E-state index in [9.17, 15) is 0 Å². The minimum Gasteiger partial charge on any atom is -0.298 e. The quantitative estimate of drug-likeness (QED) is 0.543. The summed E-state index contributed by atoms with van der Waals surface area (Å²) in [6, 6.07) is 0. The van der Waals surface area contributed by atoms with Gasteiger partial charge < -0.3 is 0 Å². The summed E-state index contributed by atoms with van der Waals surface area (Å²) < 4.78 is 0. The maximum Gasteiger partial charge on any atom is 0.0125 e. The number of hydrogen-bond donors (Lipinski definition) is 0. The molecule has 0 radical (unpaired) electrons. The van der Waals surface area contributed by atoms with Gasteiger partial charge in [0.25, 0.3) is 0 Å². The molecule has 1 nitrogen and oxygen atoms in total. The van der Waals surface area contributed by atoms with Gasteiger partial charge in [0.15, 0.2) is 0 Å². The van der Waals surface area contributed by atoms with Crippen LogP contribution < -0.4 is 0 Å². The van der Waals surface area contributed by atoms with Crippen molar-refractivity contribution in [1.29, 1.82) is 0 Å². The SMILES string of the molecule is C=C(C)C1CCN(C(C)(C)C)C1. The van der Waals surface area contributed by atoms with E-state index in [2.05, 4.69) is 39.2 Å². The van der Waals surface area contributed by atoms with Gasteiger partial charge in [-0.2, -0.15) is 0 Å². The highest BCUT2D eigenvalue weighted by atomic mass is 15.2. The lowest BCUT2D eigenvalue weighted by Gasteiger charge is -2.31. The maximum atomic E-state index is 4.03. The Kier molecular flexibility index (Phi) is 2.62. The van der Waals surface area contributed by atoms with Gasteiger partial charge in [-0.05, 0) is 46.6 Å². The second-order valence-corrected chi connectivity index (χ2v) is 4.95. The van der Waals surface area contributed by atoms with E-state index in [4.69, 9.17) is 0 Å². The fraction of sp³-hybridized carbons (Fsp3) is 0.818. The van der Waals surface area contributed by atoms with Gasteiger partial charge in [-0.25, -0.2) is 0 Å². The molecule has 12 heavy (non-hydrogen) atoms. The van der Waals surface area contributed by atoms with E-state index in [-0.39, 0.29) is 0 Å². The minimum absolute atomic E-state index is 0.338. The molecule has 1 aliphatic heterocycles. The van der Waals surface area contributed by atoms with Gasteiger partial charge >= 0.3 is 0 Å². The number of hydrogen-bond acceptors (Lipinski definition) is 1. The van der Waals surface area contributed by atoms with Crippen molar-refractivity contribution in [3.8, 4) is 0 Å². The van der Waals surface area contributed by atoms with Gasteiger partial charge in [0, 0.05) is 12.1 Å². The average molecular weight is 167 g/mol. The molecule has 0 N–H and O–H groups in total. The molecular weight excluding hydrogens is 146 g/mol. The second-order valence-electron chi connectivity index (χ2n) is 4.95. The second kappa shape index (κ2) is 3.21. The first-order chi connectivity index (χ1) is 5.41. The summed E-state index contributed by atoms with van der Waals surface area (Å²) in [5.41, 5.74) is 1.69.